The van der Waals surface area contributed by atoms with Gasteiger partial charge in [0.2, 0.25) is 0 Å². The van der Waals surface area contributed by atoms with Gasteiger partial charge in [-0.15, -0.1) is 0 Å². The third-order valence-electron chi connectivity index (χ3n) is 0. The van der Waals surface area contributed by atoms with Crippen LogP contribution >= 0.6 is 13.5 Å². The zero-order chi connectivity index (χ0) is 0. The molecule has 0 aromatic carbocycles. The van der Waals surface area contributed by atoms with E-state index in [-0.39, 0.29) is 72.8 Å². The average molecular weight is 120 g/mol. The molecule has 0 amide bonds. The molecule has 0 radical (unpaired) electrons. The zero-order valence-corrected chi connectivity index (χ0v) is 4.50. The summed E-state index contributed by atoms with van der Waals surface area (Å²) in [5, 5.41) is 0. The van der Waals surface area contributed by atoms with Gasteiger partial charge in [-0.05, 0) is 11.0 Å². The number of hydrogen-bond acceptors (Lipinski definition) is 0. The fourth-order valence-corrected chi connectivity index (χ4v) is 0. The standard InChI is InChI=1S/Al.Na.H2S.H4Si.4H/h;;1H2;1H4;;;;/q;+1;;;;;;-1. The van der Waals surface area contributed by atoms with Crippen molar-refractivity contribution in [2.75, 3.05) is 0 Å². The molecule has 0 aliphatic rings. The third kappa shape index (κ3) is 8.93. The van der Waals surface area contributed by atoms with Crippen molar-refractivity contribution >= 4 is 41.8 Å². The molecule has 0 rings (SSSR count). The van der Waals surface area contributed by atoms with Crippen molar-refractivity contribution in [1.82, 2.24) is 0 Å². The van der Waals surface area contributed by atoms with E-state index >= 15 is 0 Å². The molecule has 0 heterocycles. The Morgan fingerprint density at radius 2 is 1.25 bits per heavy atom. The molecule has 0 nitrogen and oxygen atoms in total. The van der Waals surface area contributed by atoms with Gasteiger partial charge in [0, 0.05) is 0 Å². The molecule has 0 saturated carbocycles. The Morgan fingerprint density at radius 3 is 1.25 bits per heavy atom. The second kappa shape index (κ2) is 19.4. The summed E-state index contributed by atoms with van der Waals surface area (Å²) >= 11 is 0. The minimum Gasteiger partial charge on any atom is -1.00 e. The molecule has 0 bridgehead atoms. The molecule has 0 aromatic rings. The molecule has 0 atom stereocenters. The first kappa shape index (κ1) is 36.0. The normalized spacial score (nSPS) is 0. The smallest absolute Gasteiger partial charge is 1.00 e. The van der Waals surface area contributed by atoms with Crippen molar-refractivity contribution in [3.8, 4) is 0 Å². The Bertz CT molecular complexity index is 11.6. The van der Waals surface area contributed by atoms with Gasteiger partial charge in [-0.2, -0.15) is 13.5 Å². The molecule has 0 aliphatic carbocycles. The minimum atomic E-state index is 0. The Morgan fingerprint density at radius 1 is 1.25 bits per heavy atom. The van der Waals surface area contributed by atoms with Crippen LogP contribution < -0.4 is 29.6 Å². The van der Waals surface area contributed by atoms with Gasteiger partial charge in [0.15, 0.2) is 17.4 Å². The minimum absolute atomic E-state index is 0. The van der Waals surface area contributed by atoms with E-state index < -0.39 is 0 Å². The van der Waals surface area contributed by atoms with Gasteiger partial charge < -0.3 is 1.43 Å². The van der Waals surface area contributed by atoms with Gasteiger partial charge in [-0.25, -0.2) is 0 Å². The zero-order valence-electron chi connectivity index (χ0n) is 2.50. The molecular formula is H10AlNaSSi. The predicted molar refractivity (Wildman–Crippen MR) is 32.8 cm³/mol. The average Bonchev–Trinajstić information content (AvgIpc) is 0. The fourth-order valence-electron chi connectivity index (χ4n) is 0. The van der Waals surface area contributed by atoms with Gasteiger partial charge in [0.05, 0.1) is 0 Å². The maximum Gasteiger partial charge on any atom is 1.00 e. The Balaban J connectivity index is 0. The molecule has 24 valence electrons. The van der Waals surface area contributed by atoms with E-state index in [4.69, 9.17) is 0 Å². The Hall–Kier alpha value is 2.10. The van der Waals surface area contributed by atoms with Crippen molar-refractivity contribution in [1.29, 1.82) is 0 Å². The van der Waals surface area contributed by atoms with E-state index in [1.54, 1.807) is 0 Å². The first-order valence-corrected chi connectivity index (χ1v) is 0. The van der Waals surface area contributed by atoms with E-state index in [9.17, 15) is 0 Å². The Labute approximate surface area is 72.1 Å². The molecule has 0 fully saturated rings. The first-order valence-electron chi connectivity index (χ1n) is 0. The molecule has 0 N–H and O–H groups in total. The van der Waals surface area contributed by atoms with Crippen LogP contribution in [0.2, 0.25) is 0 Å². The van der Waals surface area contributed by atoms with Gasteiger partial charge in [0.1, 0.15) is 0 Å². The van der Waals surface area contributed by atoms with Crippen molar-refractivity contribution in [3.63, 3.8) is 0 Å². The van der Waals surface area contributed by atoms with E-state index in [1.165, 1.54) is 0 Å². The molecule has 4 heteroatoms. The molecule has 0 aromatic heterocycles. The summed E-state index contributed by atoms with van der Waals surface area (Å²) < 4.78 is 0. The van der Waals surface area contributed by atoms with Gasteiger partial charge >= 0.3 is 29.6 Å². The van der Waals surface area contributed by atoms with Crippen LogP contribution in [0.4, 0.5) is 0 Å². The molecule has 0 spiro atoms. The van der Waals surface area contributed by atoms with Crippen LogP contribution in [0.25, 0.3) is 0 Å². The van der Waals surface area contributed by atoms with Crippen LogP contribution in [0, 0.1) is 0 Å². The van der Waals surface area contributed by atoms with Crippen LogP contribution in [0.15, 0.2) is 0 Å². The monoisotopic (exact) mass is 120 g/mol. The maximum atomic E-state index is 0. The first-order chi connectivity index (χ1) is 0. The van der Waals surface area contributed by atoms with E-state index in [1.807, 2.05) is 0 Å². The maximum absolute atomic E-state index is 0. The van der Waals surface area contributed by atoms with Crippen LogP contribution in [0.5, 0.6) is 0 Å². The van der Waals surface area contributed by atoms with Crippen molar-refractivity contribution < 1.29 is 31.0 Å². The van der Waals surface area contributed by atoms with Crippen LogP contribution in [0.1, 0.15) is 1.43 Å². The molecule has 0 saturated heterocycles. The van der Waals surface area contributed by atoms with E-state index in [0.717, 1.165) is 0 Å². The summed E-state index contributed by atoms with van der Waals surface area (Å²) in [6.45, 7) is 0. The molecular weight excluding hydrogens is 110 g/mol. The molecule has 0 aliphatic heterocycles. The van der Waals surface area contributed by atoms with Gasteiger partial charge in [-0.3, -0.25) is 0 Å². The molecule has 4 heavy (non-hydrogen) atoms. The van der Waals surface area contributed by atoms with E-state index in [0.29, 0.717) is 0 Å². The molecule has 0 unspecified atom stereocenters. The summed E-state index contributed by atoms with van der Waals surface area (Å²) in [6.07, 6.45) is 0. The van der Waals surface area contributed by atoms with Gasteiger partial charge in [-0.1, -0.05) is 0 Å². The predicted octanol–water partition coefficient (Wildman–Crippen LogP) is -5.41. The van der Waals surface area contributed by atoms with E-state index in [2.05, 4.69) is 0 Å². The van der Waals surface area contributed by atoms with Crippen LogP contribution in [-0.4, -0.2) is 28.3 Å². The summed E-state index contributed by atoms with van der Waals surface area (Å²) in [6, 6.07) is 0. The second-order valence-electron chi connectivity index (χ2n) is 0. The summed E-state index contributed by atoms with van der Waals surface area (Å²) in [5.41, 5.74) is 0. The third-order valence-corrected chi connectivity index (χ3v) is 0. The summed E-state index contributed by atoms with van der Waals surface area (Å²) in [7, 11) is 0. The largest absolute Gasteiger partial charge is 1.00 e. The van der Waals surface area contributed by atoms with Crippen LogP contribution in [-0.2, 0) is 0 Å². The van der Waals surface area contributed by atoms with Crippen LogP contribution in [0.3, 0.4) is 0 Å². The number of hydrogen-bond donors (Lipinski definition) is 0. The topological polar surface area (TPSA) is 0 Å². The summed E-state index contributed by atoms with van der Waals surface area (Å²) in [4.78, 5) is 0. The van der Waals surface area contributed by atoms with Gasteiger partial charge in [0.25, 0.3) is 0 Å². The Kier molecular flexibility index (Phi) is 175. The quantitative estimate of drug-likeness (QED) is 0.280. The summed E-state index contributed by atoms with van der Waals surface area (Å²) in [5.74, 6) is 0. The fraction of sp³-hybridized carbons (Fsp3) is 0. The second-order valence-corrected chi connectivity index (χ2v) is 0. The SMILES string of the molecule is S.[AlH3].[H-].[Na+].[SiH4]. The van der Waals surface area contributed by atoms with Crippen molar-refractivity contribution in [2.24, 2.45) is 0 Å². The number of rotatable bonds is 0. The van der Waals surface area contributed by atoms with Crippen molar-refractivity contribution in [3.05, 3.63) is 0 Å². The van der Waals surface area contributed by atoms with Crippen molar-refractivity contribution in [2.45, 2.75) is 0 Å².